The van der Waals surface area contributed by atoms with Crippen LogP contribution in [0.15, 0.2) is 229 Å². The fourth-order valence-electron chi connectivity index (χ4n) is 11.5. The lowest BCUT2D eigenvalue weighted by Gasteiger charge is -2.35. The van der Waals surface area contributed by atoms with Crippen LogP contribution < -0.4 is 4.90 Å². The molecular weight excluding hydrogens is 775 g/mol. The van der Waals surface area contributed by atoms with Gasteiger partial charge in [0.1, 0.15) is 11.2 Å². The number of fused-ring (bicyclic) bond motifs is 10. The fraction of sp³-hybridized carbons (Fsp3) is 0.0645. The van der Waals surface area contributed by atoms with Gasteiger partial charge in [0.2, 0.25) is 0 Å². The van der Waals surface area contributed by atoms with E-state index in [0.717, 1.165) is 44.6 Å². The Morgan fingerprint density at radius 3 is 1.75 bits per heavy atom. The summed E-state index contributed by atoms with van der Waals surface area (Å²) in [5.74, 6) is 0. The first-order valence-corrected chi connectivity index (χ1v) is 22.3. The second-order valence-corrected chi connectivity index (χ2v) is 18.0. The van der Waals surface area contributed by atoms with Gasteiger partial charge in [0.05, 0.1) is 16.5 Å². The average molecular weight is 818 g/mol. The summed E-state index contributed by atoms with van der Waals surface area (Å²) in [6.45, 7) is 4.71. The first-order chi connectivity index (χ1) is 31.5. The van der Waals surface area contributed by atoms with Crippen LogP contribution in [0.5, 0.6) is 0 Å². The van der Waals surface area contributed by atoms with E-state index in [1.54, 1.807) is 0 Å². The molecule has 1 heterocycles. The Morgan fingerprint density at radius 1 is 0.406 bits per heavy atom. The summed E-state index contributed by atoms with van der Waals surface area (Å²) in [5.41, 5.74) is 19.6. The molecule has 0 fully saturated rings. The van der Waals surface area contributed by atoms with Crippen molar-refractivity contribution in [3.63, 3.8) is 0 Å². The number of nitrogens with zero attached hydrogens (tertiary/aromatic N) is 1. The highest BCUT2D eigenvalue weighted by atomic mass is 16.3. The molecule has 0 saturated heterocycles. The molecule has 0 radical (unpaired) electrons. The Balaban J connectivity index is 1.07. The lowest BCUT2D eigenvalue weighted by Crippen LogP contribution is -2.28. The van der Waals surface area contributed by atoms with Crippen LogP contribution in [-0.4, -0.2) is 0 Å². The van der Waals surface area contributed by atoms with Crippen LogP contribution in [0.25, 0.3) is 66.1 Å². The summed E-state index contributed by atoms with van der Waals surface area (Å²) in [7, 11) is 0. The molecule has 2 nitrogen and oxygen atoms in total. The molecule has 10 aromatic carbocycles. The summed E-state index contributed by atoms with van der Waals surface area (Å²) in [6, 6.07) is 82.6. The molecule has 13 rings (SSSR count). The van der Waals surface area contributed by atoms with Crippen LogP contribution >= 0.6 is 0 Å². The van der Waals surface area contributed by atoms with Gasteiger partial charge in [-0.15, -0.1) is 0 Å². The summed E-state index contributed by atoms with van der Waals surface area (Å²) in [4.78, 5) is 2.44. The molecule has 0 bridgehead atoms. The zero-order chi connectivity index (χ0) is 42.6. The largest absolute Gasteiger partial charge is 0.455 e. The monoisotopic (exact) mass is 817 g/mol. The minimum atomic E-state index is -0.527. The molecule has 1 aromatic heterocycles. The van der Waals surface area contributed by atoms with Gasteiger partial charge in [-0.3, -0.25) is 0 Å². The third-order valence-corrected chi connectivity index (χ3v) is 14.3. The predicted molar refractivity (Wildman–Crippen MR) is 266 cm³/mol. The first kappa shape index (κ1) is 36.7. The van der Waals surface area contributed by atoms with Crippen molar-refractivity contribution in [2.75, 3.05) is 4.90 Å². The Labute approximate surface area is 373 Å². The van der Waals surface area contributed by atoms with Crippen LogP contribution in [0.4, 0.5) is 17.1 Å². The summed E-state index contributed by atoms with van der Waals surface area (Å²) in [6.07, 6.45) is 0. The zero-order valence-corrected chi connectivity index (χ0v) is 35.7. The quantitative estimate of drug-likeness (QED) is 0.166. The number of rotatable bonds is 6. The first-order valence-electron chi connectivity index (χ1n) is 22.3. The number of hydrogen-bond donors (Lipinski definition) is 0. The Morgan fingerprint density at radius 2 is 1.00 bits per heavy atom. The van der Waals surface area contributed by atoms with Gasteiger partial charge in [-0.2, -0.15) is 0 Å². The van der Waals surface area contributed by atoms with Gasteiger partial charge in [-0.1, -0.05) is 190 Å². The van der Waals surface area contributed by atoms with Gasteiger partial charge in [-0.25, -0.2) is 0 Å². The minimum absolute atomic E-state index is 0.126. The topological polar surface area (TPSA) is 16.4 Å². The third kappa shape index (κ3) is 5.08. The van der Waals surface area contributed by atoms with Gasteiger partial charge in [0, 0.05) is 27.7 Å². The summed E-state index contributed by atoms with van der Waals surface area (Å²) >= 11 is 0. The minimum Gasteiger partial charge on any atom is -0.455 e. The molecule has 2 heteroatoms. The van der Waals surface area contributed by atoms with Gasteiger partial charge >= 0.3 is 0 Å². The van der Waals surface area contributed by atoms with Crippen molar-refractivity contribution in [1.82, 2.24) is 0 Å². The highest BCUT2D eigenvalue weighted by Crippen LogP contribution is 2.58. The lowest BCUT2D eigenvalue weighted by atomic mass is 9.67. The maximum absolute atomic E-state index is 7.18. The predicted octanol–water partition coefficient (Wildman–Crippen LogP) is 16.5. The standard InChI is InChI=1S/C62H43NO/c1-61(2)52-29-16-14-27-47(52)49-35-33-41(38-54(49)61)58-46-26-13-12-19-40(46)37-51-59-56(31-18-32-57(59)64-60(51)58)63(44-24-10-5-11-25-44)45-34-36-50-48-28-15-17-30-53(48)62(55(50)39-45,42-20-6-3-7-21-42)43-22-8-4-9-23-43/h3-39H,1-2H3. The van der Waals surface area contributed by atoms with Crippen molar-refractivity contribution < 1.29 is 4.42 Å². The molecule has 0 unspecified atom stereocenters. The van der Waals surface area contributed by atoms with Crippen LogP contribution in [0, 0.1) is 0 Å². The van der Waals surface area contributed by atoms with E-state index in [1.165, 1.54) is 72.0 Å². The van der Waals surface area contributed by atoms with E-state index >= 15 is 0 Å². The van der Waals surface area contributed by atoms with Gasteiger partial charge < -0.3 is 9.32 Å². The molecule has 11 aromatic rings. The van der Waals surface area contributed by atoms with Crippen LogP contribution in [0.1, 0.15) is 47.2 Å². The normalized spacial score (nSPS) is 14.0. The summed E-state index contributed by atoms with van der Waals surface area (Å²) in [5, 5.41) is 4.55. The Kier molecular flexibility index (Phi) is 7.90. The molecule has 2 aliphatic carbocycles. The molecule has 2 aliphatic rings. The number of benzene rings is 10. The second-order valence-electron chi connectivity index (χ2n) is 18.0. The molecule has 0 amide bonds. The van der Waals surface area contributed by atoms with E-state index in [9.17, 15) is 0 Å². The molecule has 0 saturated carbocycles. The SMILES string of the molecule is CC1(C)c2ccccc2-c2ccc(-c3c4ccccc4cc4c3oc3cccc(N(c5ccccc5)c5ccc6c(c5)C(c5ccccc5)(c5ccccc5)c5ccccc5-6)c34)cc21. The second kappa shape index (κ2) is 13.8. The lowest BCUT2D eigenvalue weighted by molar-refractivity contribution is 0.660. The molecule has 0 aliphatic heterocycles. The fourth-order valence-corrected chi connectivity index (χ4v) is 11.5. The molecule has 302 valence electrons. The third-order valence-electron chi connectivity index (χ3n) is 14.3. The molecule has 0 spiro atoms. The highest BCUT2D eigenvalue weighted by Gasteiger charge is 2.46. The van der Waals surface area contributed by atoms with Crippen molar-refractivity contribution >= 4 is 49.8 Å². The maximum atomic E-state index is 7.18. The van der Waals surface area contributed by atoms with Crippen molar-refractivity contribution in [2.24, 2.45) is 0 Å². The number of furan rings is 1. The van der Waals surface area contributed by atoms with Gasteiger partial charge in [0.25, 0.3) is 0 Å². The van der Waals surface area contributed by atoms with E-state index in [4.69, 9.17) is 4.42 Å². The molecule has 0 N–H and O–H groups in total. The highest BCUT2D eigenvalue weighted by molar-refractivity contribution is 6.22. The van der Waals surface area contributed by atoms with Gasteiger partial charge in [-0.05, 0) is 121 Å². The van der Waals surface area contributed by atoms with E-state index in [2.05, 4.69) is 243 Å². The van der Waals surface area contributed by atoms with Crippen LogP contribution in [0.3, 0.4) is 0 Å². The van der Waals surface area contributed by atoms with Crippen molar-refractivity contribution in [3.05, 3.63) is 258 Å². The molecular formula is C62H43NO. The molecule has 64 heavy (non-hydrogen) atoms. The van der Waals surface area contributed by atoms with Crippen molar-refractivity contribution in [1.29, 1.82) is 0 Å². The zero-order valence-electron chi connectivity index (χ0n) is 35.7. The van der Waals surface area contributed by atoms with E-state index < -0.39 is 5.41 Å². The Hall–Kier alpha value is -7.94. The van der Waals surface area contributed by atoms with Crippen molar-refractivity contribution in [2.45, 2.75) is 24.7 Å². The van der Waals surface area contributed by atoms with Crippen molar-refractivity contribution in [3.8, 4) is 33.4 Å². The number of para-hydroxylation sites is 1. The van der Waals surface area contributed by atoms with Crippen LogP contribution in [-0.2, 0) is 10.8 Å². The Bertz CT molecular complexity index is 3600. The smallest absolute Gasteiger partial charge is 0.143 e. The average Bonchev–Trinajstić information content (AvgIpc) is 3.95. The van der Waals surface area contributed by atoms with Crippen LogP contribution in [0.2, 0.25) is 0 Å². The number of anilines is 3. The molecule has 0 atom stereocenters. The van der Waals surface area contributed by atoms with E-state index in [0.29, 0.717) is 0 Å². The maximum Gasteiger partial charge on any atom is 0.143 e. The summed E-state index contributed by atoms with van der Waals surface area (Å²) < 4.78 is 7.18. The van der Waals surface area contributed by atoms with E-state index in [-0.39, 0.29) is 5.41 Å². The van der Waals surface area contributed by atoms with Gasteiger partial charge in [0.15, 0.2) is 0 Å². The van der Waals surface area contributed by atoms with E-state index in [1.807, 2.05) is 0 Å². The number of hydrogen-bond acceptors (Lipinski definition) is 2.